The number of carbonyl (C=O) groups is 1. The van der Waals surface area contributed by atoms with Crippen LogP contribution in [0.4, 0.5) is 5.82 Å². The van der Waals surface area contributed by atoms with E-state index in [1.54, 1.807) is 0 Å². The smallest absolute Gasteiger partial charge is 0.351 e. The lowest BCUT2D eigenvalue weighted by atomic mass is 10.1. The van der Waals surface area contributed by atoms with Gasteiger partial charge in [0.15, 0.2) is 17.7 Å². The van der Waals surface area contributed by atoms with E-state index in [0.717, 1.165) is 5.56 Å². The van der Waals surface area contributed by atoms with Gasteiger partial charge in [0, 0.05) is 17.3 Å². The van der Waals surface area contributed by atoms with Crippen molar-refractivity contribution in [3.63, 3.8) is 0 Å². The number of nitrogens with one attached hydrogen (secondary N) is 1. The average molecular weight is 524 g/mol. The Hall–Kier alpha value is -4.19. The minimum Gasteiger partial charge on any atom is -0.493 e. The Kier molecular flexibility index (Phi) is 8.41. The molecule has 0 saturated carbocycles. The maximum absolute atomic E-state index is 12.8. The van der Waals surface area contributed by atoms with E-state index in [0.29, 0.717) is 29.4 Å². The van der Waals surface area contributed by atoms with Crippen LogP contribution in [0.5, 0.6) is 17.2 Å². The second-order valence-corrected chi connectivity index (χ2v) is 8.42. The van der Waals surface area contributed by atoms with Gasteiger partial charge in [-0.25, -0.2) is 4.79 Å². The van der Waals surface area contributed by atoms with E-state index in [4.69, 9.17) is 23.7 Å². The van der Waals surface area contributed by atoms with E-state index < -0.39 is 30.0 Å². The molecule has 0 radical (unpaired) electrons. The fraction of sp³-hybridized carbons (Fsp3) is 0.296. The quantitative estimate of drug-likeness (QED) is 0.385. The summed E-state index contributed by atoms with van der Waals surface area (Å²) < 4.78 is 28.6. The molecule has 3 aromatic rings. The third-order valence-corrected chi connectivity index (χ3v) is 6.00. The van der Waals surface area contributed by atoms with E-state index in [-0.39, 0.29) is 18.0 Å². The molecule has 2 N–H and O–H groups in total. The minimum atomic E-state index is -1.03. The molecule has 0 unspecified atom stereocenters. The number of aromatic nitrogens is 2. The van der Waals surface area contributed by atoms with E-state index in [9.17, 15) is 14.7 Å². The zero-order valence-electron chi connectivity index (χ0n) is 21.2. The number of anilines is 1. The summed E-state index contributed by atoms with van der Waals surface area (Å²) in [5.41, 5.74) is 0.799. The number of hydrogen-bond donors (Lipinski definition) is 2. The molecule has 11 heteroatoms. The maximum Gasteiger partial charge on any atom is 0.351 e. The first kappa shape index (κ1) is 26.9. The first-order chi connectivity index (χ1) is 18.4. The number of aliphatic hydroxyl groups is 1. The number of carbonyl (C=O) groups excluding carboxylic acids is 1. The molecule has 1 fully saturated rings. The summed E-state index contributed by atoms with van der Waals surface area (Å²) in [6, 6.07) is 14.0. The molecule has 0 aliphatic carbocycles. The Morgan fingerprint density at radius 2 is 1.79 bits per heavy atom. The third-order valence-electron chi connectivity index (χ3n) is 6.00. The Balaban J connectivity index is 1.43. The van der Waals surface area contributed by atoms with Crippen molar-refractivity contribution in [2.45, 2.75) is 25.0 Å². The Labute approximate surface area is 219 Å². The summed E-state index contributed by atoms with van der Waals surface area (Å²) in [5, 5.41) is 13.2. The molecule has 0 spiro atoms. The molecule has 1 amide bonds. The van der Waals surface area contributed by atoms with Crippen LogP contribution >= 0.6 is 0 Å². The molecule has 1 aromatic heterocycles. The van der Waals surface area contributed by atoms with Crippen LogP contribution in [-0.4, -0.2) is 60.7 Å². The van der Waals surface area contributed by atoms with Crippen LogP contribution in [-0.2, 0) is 16.1 Å². The highest BCUT2D eigenvalue weighted by atomic mass is 16.6. The highest BCUT2D eigenvalue weighted by Gasteiger charge is 2.39. The van der Waals surface area contributed by atoms with Gasteiger partial charge in [-0.1, -0.05) is 36.9 Å². The topological polar surface area (TPSA) is 130 Å². The zero-order chi connectivity index (χ0) is 27.2. The van der Waals surface area contributed by atoms with E-state index >= 15 is 0 Å². The molecule has 1 aliphatic heterocycles. The Bertz CT molecular complexity index is 1330. The molecule has 2 aromatic carbocycles. The molecular weight excluding hydrogens is 494 g/mol. The van der Waals surface area contributed by atoms with Crippen molar-refractivity contribution in [1.82, 2.24) is 9.55 Å². The molecule has 1 saturated heterocycles. The van der Waals surface area contributed by atoms with E-state index in [1.807, 2.05) is 30.3 Å². The summed E-state index contributed by atoms with van der Waals surface area (Å²) >= 11 is 0. The predicted octanol–water partition coefficient (Wildman–Crippen LogP) is 2.55. The first-order valence-corrected chi connectivity index (χ1v) is 11.7. The predicted molar refractivity (Wildman–Crippen MR) is 138 cm³/mol. The molecule has 11 nitrogen and oxygen atoms in total. The number of benzene rings is 2. The van der Waals surface area contributed by atoms with Crippen molar-refractivity contribution in [1.29, 1.82) is 0 Å². The number of methoxy groups -OCH3 is 3. The lowest BCUT2D eigenvalue weighted by molar-refractivity contribution is -0.0660. The number of hydrogen-bond acceptors (Lipinski definition) is 9. The minimum absolute atomic E-state index is 0.0249. The second-order valence-electron chi connectivity index (χ2n) is 8.42. The number of nitrogens with zero attached hydrogens (tertiary/aromatic N) is 2. The number of ether oxygens (including phenoxy) is 5. The van der Waals surface area contributed by atoms with Gasteiger partial charge in [0.1, 0.15) is 18.0 Å². The van der Waals surface area contributed by atoms with Gasteiger partial charge in [-0.05, 0) is 23.8 Å². The van der Waals surface area contributed by atoms with Crippen LogP contribution in [0, 0.1) is 0 Å². The average Bonchev–Trinajstić information content (AvgIpc) is 3.21. The summed E-state index contributed by atoms with van der Waals surface area (Å²) in [5.74, 6) is 0.435. The van der Waals surface area contributed by atoms with E-state index in [1.165, 1.54) is 50.3 Å². The first-order valence-electron chi connectivity index (χ1n) is 11.7. The van der Waals surface area contributed by atoms with Crippen LogP contribution in [0.15, 0.2) is 71.7 Å². The standard InChI is InChI=1S/C27H29N3O8/c1-16-23(31)21(15-37-14-17-8-6-5-7-9-17)38-26(16)30-11-10-22(29-27(30)33)28-25(32)18-12-19(34-2)24(36-4)20(13-18)35-3/h5-13,21,23,26,31H,1,14-15H2,2-4H3,(H,28,29,32,33)/t21-,23+,26-/m1/s1. The second kappa shape index (κ2) is 11.9. The lowest BCUT2D eigenvalue weighted by Gasteiger charge is -2.16. The monoisotopic (exact) mass is 523 g/mol. The molecule has 38 heavy (non-hydrogen) atoms. The van der Waals surface area contributed by atoms with Gasteiger partial charge in [-0.15, -0.1) is 0 Å². The summed E-state index contributed by atoms with van der Waals surface area (Å²) in [7, 11) is 4.34. The number of amides is 1. The molecular formula is C27H29N3O8. The fourth-order valence-electron chi connectivity index (χ4n) is 4.02. The lowest BCUT2D eigenvalue weighted by Crippen LogP contribution is -2.29. The summed E-state index contributed by atoms with van der Waals surface area (Å²) in [6.07, 6.45) is -1.25. The summed E-state index contributed by atoms with van der Waals surface area (Å²) in [4.78, 5) is 29.6. The largest absolute Gasteiger partial charge is 0.493 e. The van der Waals surface area contributed by atoms with Crippen LogP contribution < -0.4 is 25.2 Å². The van der Waals surface area contributed by atoms with Gasteiger partial charge in [0.2, 0.25) is 5.75 Å². The highest BCUT2D eigenvalue weighted by molar-refractivity contribution is 6.04. The molecule has 2 heterocycles. The van der Waals surface area contributed by atoms with Gasteiger partial charge in [0.05, 0.1) is 34.5 Å². The van der Waals surface area contributed by atoms with Crippen molar-refractivity contribution in [3.8, 4) is 17.2 Å². The third kappa shape index (κ3) is 5.70. The highest BCUT2D eigenvalue weighted by Crippen LogP contribution is 2.38. The SMILES string of the molecule is C=C1[C@H](n2ccc(NC(=O)c3cc(OC)c(OC)c(OC)c3)nc2=O)O[C@H](COCc2ccccc2)[C@H]1O. The fourth-order valence-corrected chi connectivity index (χ4v) is 4.02. The van der Waals surface area contributed by atoms with Crippen molar-refractivity contribution < 1.29 is 33.6 Å². The summed E-state index contributed by atoms with van der Waals surface area (Å²) in [6.45, 7) is 4.35. The van der Waals surface area contributed by atoms with Crippen molar-refractivity contribution in [3.05, 3.63) is 88.5 Å². The molecule has 200 valence electrons. The van der Waals surface area contributed by atoms with Gasteiger partial charge >= 0.3 is 5.69 Å². The maximum atomic E-state index is 12.8. The molecule has 3 atom stereocenters. The van der Waals surface area contributed by atoms with Crippen LogP contribution in [0.3, 0.4) is 0 Å². The van der Waals surface area contributed by atoms with Gasteiger partial charge < -0.3 is 34.1 Å². The number of aliphatic hydroxyl groups excluding tert-OH is 1. The van der Waals surface area contributed by atoms with Gasteiger partial charge in [-0.3, -0.25) is 9.36 Å². The molecule has 0 bridgehead atoms. The van der Waals surface area contributed by atoms with Crippen molar-refractivity contribution in [2.24, 2.45) is 0 Å². The zero-order valence-corrected chi connectivity index (χ0v) is 21.2. The van der Waals surface area contributed by atoms with Crippen LogP contribution in [0.2, 0.25) is 0 Å². The van der Waals surface area contributed by atoms with Crippen LogP contribution in [0.25, 0.3) is 0 Å². The number of rotatable bonds is 10. The molecule has 1 aliphatic rings. The van der Waals surface area contributed by atoms with Crippen molar-refractivity contribution in [2.75, 3.05) is 33.3 Å². The molecule has 4 rings (SSSR count). The van der Waals surface area contributed by atoms with Gasteiger partial charge in [0.25, 0.3) is 5.91 Å². The van der Waals surface area contributed by atoms with Crippen molar-refractivity contribution >= 4 is 11.7 Å². The Morgan fingerprint density at radius 1 is 1.11 bits per heavy atom. The normalized spacial score (nSPS) is 18.7. The Morgan fingerprint density at radius 3 is 2.39 bits per heavy atom. The van der Waals surface area contributed by atoms with Gasteiger partial charge in [-0.2, -0.15) is 4.98 Å². The van der Waals surface area contributed by atoms with E-state index in [2.05, 4.69) is 16.9 Å². The van der Waals surface area contributed by atoms with Crippen LogP contribution in [0.1, 0.15) is 22.1 Å².